The molecule has 0 unspecified atom stereocenters. The molecule has 134 valence electrons. The second-order valence-electron chi connectivity index (χ2n) is 6.06. The fraction of sp³-hybridized carbons (Fsp3) is 0.412. The average Bonchev–Trinajstić information content (AvgIpc) is 2.91. The fourth-order valence-corrected chi connectivity index (χ4v) is 3.86. The first-order valence-electron chi connectivity index (χ1n) is 8.00. The van der Waals surface area contributed by atoms with Crippen LogP contribution in [-0.2, 0) is 16.4 Å². The van der Waals surface area contributed by atoms with Gasteiger partial charge in [0.25, 0.3) is 5.91 Å². The summed E-state index contributed by atoms with van der Waals surface area (Å²) >= 11 is 0. The van der Waals surface area contributed by atoms with Crippen LogP contribution in [0.2, 0.25) is 0 Å². The summed E-state index contributed by atoms with van der Waals surface area (Å²) in [6.45, 7) is 4.52. The van der Waals surface area contributed by atoms with Crippen LogP contribution in [0.4, 0.5) is 0 Å². The number of hydrogen-bond acceptors (Lipinski definition) is 6. The lowest BCUT2D eigenvalue weighted by atomic mass is 10.2. The van der Waals surface area contributed by atoms with Gasteiger partial charge in [-0.3, -0.25) is 4.79 Å². The van der Waals surface area contributed by atoms with E-state index in [1.807, 2.05) is 13.8 Å². The summed E-state index contributed by atoms with van der Waals surface area (Å²) in [5, 5.41) is 3.88. The van der Waals surface area contributed by atoms with E-state index in [-0.39, 0.29) is 30.5 Å². The SMILES string of the molecule is Cc1noc(C)c1COc1ccc(C(=O)N2CCS(=O)(=O)CC2)cc1. The molecule has 2 aromatic rings. The quantitative estimate of drug-likeness (QED) is 0.821. The van der Waals surface area contributed by atoms with Crippen molar-refractivity contribution in [3.8, 4) is 5.75 Å². The fourth-order valence-electron chi connectivity index (χ4n) is 2.66. The molecule has 1 aliphatic heterocycles. The molecular formula is C17H20N2O5S. The first-order valence-corrected chi connectivity index (χ1v) is 9.82. The van der Waals surface area contributed by atoms with Crippen LogP contribution in [0, 0.1) is 13.8 Å². The Kier molecular flexibility index (Phi) is 4.80. The van der Waals surface area contributed by atoms with Gasteiger partial charge in [0.2, 0.25) is 0 Å². The maximum Gasteiger partial charge on any atom is 0.253 e. The van der Waals surface area contributed by atoms with Crippen LogP contribution in [0.1, 0.15) is 27.4 Å². The molecule has 1 saturated heterocycles. The molecule has 1 aliphatic rings. The minimum absolute atomic E-state index is 0.0252. The van der Waals surface area contributed by atoms with E-state index in [9.17, 15) is 13.2 Å². The highest BCUT2D eigenvalue weighted by Gasteiger charge is 2.25. The first-order chi connectivity index (χ1) is 11.9. The summed E-state index contributed by atoms with van der Waals surface area (Å²) in [6.07, 6.45) is 0. The molecule has 1 fully saturated rings. The van der Waals surface area contributed by atoms with Crippen LogP contribution < -0.4 is 4.74 Å². The first kappa shape index (κ1) is 17.5. The lowest BCUT2D eigenvalue weighted by Crippen LogP contribution is -2.43. The van der Waals surface area contributed by atoms with Crippen LogP contribution in [-0.4, -0.2) is 49.0 Å². The zero-order valence-electron chi connectivity index (χ0n) is 14.2. The zero-order chi connectivity index (χ0) is 18.0. The van der Waals surface area contributed by atoms with Gasteiger partial charge in [-0.05, 0) is 38.1 Å². The van der Waals surface area contributed by atoms with E-state index in [0.29, 0.717) is 17.9 Å². The molecule has 2 heterocycles. The topological polar surface area (TPSA) is 89.7 Å². The number of hydrogen-bond donors (Lipinski definition) is 0. The van der Waals surface area contributed by atoms with Crippen molar-refractivity contribution in [1.29, 1.82) is 0 Å². The highest BCUT2D eigenvalue weighted by atomic mass is 32.2. The predicted molar refractivity (Wildman–Crippen MR) is 91.3 cm³/mol. The second-order valence-corrected chi connectivity index (χ2v) is 8.36. The predicted octanol–water partition coefficient (Wildman–Crippen LogP) is 1.74. The number of carbonyl (C=O) groups is 1. The lowest BCUT2D eigenvalue weighted by molar-refractivity contribution is 0.0770. The zero-order valence-corrected chi connectivity index (χ0v) is 15.0. The lowest BCUT2D eigenvalue weighted by Gasteiger charge is -2.26. The summed E-state index contributed by atoms with van der Waals surface area (Å²) in [5.41, 5.74) is 2.23. The third kappa shape index (κ3) is 4.01. The normalized spacial score (nSPS) is 16.6. The monoisotopic (exact) mass is 364 g/mol. The number of aryl methyl sites for hydroxylation is 2. The van der Waals surface area contributed by atoms with Gasteiger partial charge in [0.15, 0.2) is 9.84 Å². The van der Waals surface area contributed by atoms with Crippen molar-refractivity contribution < 1.29 is 22.5 Å². The molecule has 0 radical (unpaired) electrons. The minimum atomic E-state index is -3.00. The highest BCUT2D eigenvalue weighted by Crippen LogP contribution is 2.19. The van der Waals surface area contributed by atoms with Crippen molar-refractivity contribution in [2.24, 2.45) is 0 Å². The summed E-state index contributed by atoms with van der Waals surface area (Å²) < 4.78 is 33.7. The minimum Gasteiger partial charge on any atom is -0.489 e. The Morgan fingerprint density at radius 1 is 1.20 bits per heavy atom. The van der Waals surface area contributed by atoms with Crippen LogP contribution in [0.3, 0.4) is 0 Å². The Morgan fingerprint density at radius 2 is 1.84 bits per heavy atom. The van der Waals surface area contributed by atoms with Gasteiger partial charge in [-0.25, -0.2) is 8.42 Å². The maximum absolute atomic E-state index is 12.4. The Bertz CT molecular complexity index is 837. The molecule has 0 atom stereocenters. The molecule has 3 rings (SSSR count). The molecule has 1 aromatic heterocycles. The number of amides is 1. The summed E-state index contributed by atoms with van der Waals surface area (Å²) in [6, 6.07) is 6.83. The largest absolute Gasteiger partial charge is 0.489 e. The van der Waals surface area contributed by atoms with Gasteiger partial charge in [0, 0.05) is 18.7 Å². The van der Waals surface area contributed by atoms with Crippen LogP contribution in [0.25, 0.3) is 0 Å². The Balaban J connectivity index is 1.61. The third-order valence-electron chi connectivity index (χ3n) is 4.30. The number of nitrogens with zero attached hydrogens (tertiary/aromatic N) is 2. The molecule has 8 heteroatoms. The van der Waals surface area contributed by atoms with E-state index in [2.05, 4.69) is 5.16 Å². The highest BCUT2D eigenvalue weighted by molar-refractivity contribution is 7.91. The van der Waals surface area contributed by atoms with Crippen molar-refractivity contribution in [2.45, 2.75) is 20.5 Å². The van der Waals surface area contributed by atoms with Crippen LogP contribution in [0.5, 0.6) is 5.75 Å². The van der Waals surface area contributed by atoms with Gasteiger partial charge in [-0.1, -0.05) is 5.16 Å². The standard InChI is InChI=1S/C17H20N2O5S/c1-12-16(13(2)24-18-12)11-23-15-5-3-14(4-6-15)17(20)19-7-9-25(21,22)10-8-19/h3-6H,7-11H2,1-2H3. The summed E-state index contributed by atoms with van der Waals surface area (Å²) in [7, 11) is -3.00. The van der Waals surface area contributed by atoms with Gasteiger partial charge in [-0.2, -0.15) is 0 Å². The van der Waals surface area contributed by atoms with Gasteiger partial charge >= 0.3 is 0 Å². The van der Waals surface area contributed by atoms with E-state index in [1.54, 1.807) is 29.2 Å². The van der Waals surface area contributed by atoms with E-state index >= 15 is 0 Å². The van der Waals surface area contributed by atoms with Crippen molar-refractivity contribution in [2.75, 3.05) is 24.6 Å². The van der Waals surface area contributed by atoms with Gasteiger partial charge in [-0.15, -0.1) is 0 Å². The number of benzene rings is 1. The smallest absolute Gasteiger partial charge is 0.253 e. The number of rotatable bonds is 4. The van der Waals surface area contributed by atoms with Crippen LogP contribution >= 0.6 is 0 Å². The molecule has 1 amide bonds. The molecule has 0 bridgehead atoms. The molecule has 0 spiro atoms. The summed E-state index contributed by atoms with van der Waals surface area (Å²) in [5.74, 6) is 1.25. The van der Waals surface area contributed by atoms with Crippen molar-refractivity contribution in [3.63, 3.8) is 0 Å². The molecular weight excluding hydrogens is 344 g/mol. The number of ether oxygens (including phenoxy) is 1. The van der Waals surface area contributed by atoms with Gasteiger partial charge < -0.3 is 14.2 Å². The third-order valence-corrected chi connectivity index (χ3v) is 5.91. The number of sulfone groups is 1. The Morgan fingerprint density at radius 3 is 2.40 bits per heavy atom. The van der Waals surface area contributed by atoms with Gasteiger partial charge in [0.1, 0.15) is 18.1 Å². The average molecular weight is 364 g/mol. The molecule has 0 saturated carbocycles. The Hall–Kier alpha value is -2.35. The van der Waals surface area contributed by atoms with E-state index in [4.69, 9.17) is 9.26 Å². The van der Waals surface area contributed by atoms with Crippen LogP contribution in [0.15, 0.2) is 28.8 Å². The van der Waals surface area contributed by atoms with Crippen molar-refractivity contribution in [3.05, 3.63) is 46.8 Å². The van der Waals surface area contributed by atoms with Gasteiger partial charge in [0.05, 0.1) is 22.8 Å². The molecule has 0 N–H and O–H groups in total. The second kappa shape index (κ2) is 6.87. The van der Waals surface area contributed by atoms with E-state index in [0.717, 1.165) is 17.0 Å². The van der Waals surface area contributed by atoms with E-state index in [1.165, 1.54) is 0 Å². The van der Waals surface area contributed by atoms with Crippen molar-refractivity contribution in [1.82, 2.24) is 10.1 Å². The Labute approximate surface area is 146 Å². The maximum atomic E-state index is 12.4. The molecule has 25 heavy (non-hydrogen) atoms. The van der Waals surface area contributed by atoms with E-state index < -0.39 is 9.84 Å². The molecule has 7 nitrogen and oxygen atoms in total. The number of carbonyl (C=O) groups excluding carboxylic acids is 1. The number of aromatic nitrogens is 1. The molecule has 1 aromatic carbocycles. The summed E-state index contributed by atoms with van der Waals surface area (Å²) in [4.78, 5) is 14.0. The molecule has 0 aliphatic carbocycles. The van der Waals surface area contributed by atoms with Crippen molar-refractivity contribution >= 4 is 15.7 Å².